The lowest BCUT2D eigenvalue weighted by Crippen LogP contribution is -2.32. The van der Waals surface area contributed by atoms with Crippen LogP contribution in [0.4, 0.5) is 0 Å². The van der Waals surface area contributed by atoms with Crippen molar-refractivity contribution in [3.63, 3.8) is 0 Å². The summed E-state index contributed by atoms with van der Waals surface area (Å²) in [6, 6.07) is 7.09. The molecule has 0 saturated carbocycles. The molecule has 0 spiro atoms. The maximum absolute atomic E-state index is 11.9. The minimum Gasteiger partial charge on any atom is -0.354 e. The predicted octanol–water partition coefficient (Wildman–Crippen LogP) is 0.699. The third kappa shape index (κ3) is 4.39. The van der Waals surface area contributed by atoms with Crippen LogP contribution >= 0.6 is 0 Å². The molecule has 0 aliphatic carbocycles. The van der Waals surface area contributed by atoms with E-state index in [0.29, 0.717) is 30.9 Å². The molecule has 0 aliphatic heterocycles. The molecular weight excluding hydrogens is 268 g/mol. The minimum absolute atomic E-state index is 0.0176. The van der Waals surface area contributed by atoms with Gasteiger partial charge in [-0.05, 0) is 26.0 Å². The Morgan fingerprint density at radius 1 is 1.38 bits per heavy atom. The van der Waals surface area contributed by atoms with Crippen molar-refractivity contribution >= 4 is 11.6 Å². The molecule has 21 heavy (non-hydrogen) atoms. The quantitative estimate of drug-likeness (QED) is 0.767. The summed E-state index contributed by atoms with van der Waals surface area (Å²) in [6.45, 7) is 4.87. The maximum Gasteiger partial charge on any atom is 0.258 e. The lowest BCUT2D eigenvalue weighted by Gasteiger charge is -2.09. The van der Waals surface area contributed by atoms with Gasteiger partial charge < -0.3 is 10.6 Å². The van der Waals surface area contributed by atoms with Crippen LogP contribution in [-0.4, -0.2) is 27.9 Å². The van der Waals surface area contributed by atoms with Crippen LogP contribution in [-0.2, 0) is 11.3 Å². The third-order valence-electron chi connectivity index (χ3n) is 2.91. The molecule has 2 N–H and O–H groups in total. The number of hydrogen-bond acceptors (Lipinski definition) is 4. The van der Waals surface area contributed by atoms with Crippen molar-refractivity contribution in [2.75, 3.05) is 6.54 Å². The van der Waals surface area contributed by atoms with Gasteiger partial charge in [-0.1, -0.05) is 6.07 Å². The first-order valence-corrected chi connectivity index (χ1v) is 7.03. The maximum atomic E-state index is 11.9. The number of nitrogens with one attached hydrogen (secondary N) is 2. The van der Waals surface area contributed by atoms with Gasteiger partial charge in [0.2, 0.25) is 5.91 Å². The molecule has 112 valence electrons. The van der Waals surface area contributed by atoms with Gasteiger partial charge in [0.25, 0.3) is 5.56 Å². The molecule has 0 aromatic carbocycles. The van der Waals surface area contributed by atoms with Crippen molar-refractivity contribution in [3.8, 4) is 0 Å². The summed E-state index contributed by atoms with van der Waals surface area (Å²) in [4.78, 5) is 27.8. The summed E-state index contributed by atoms with van der Waals surface area (Å²) in [7, 11) is 0. The van der Waals surface area contributed by atoms with Crippen LogP contribution in [0.2, 0.25) is 0 Å². The van der Waals surface area contributed by atoms with Crippen LogP contribution in [0.3, 0.4) is 0 Å². The van der Waals surface area contributed by atoms with Gasteiger partial charge >= 0.3 is 0 Å². The van der Waals surface area contributed by atoms with Crippen LogP contribution in [0, 0.1) is 0 Å². The Kier molecular flexibility index (Phi) is 5.05. The molecule has 6 nitrogen and oxygen atoms in total. The molecular formula is C15H20N4O2. The Morgan fingerprint density at radius 2 is 2.19 bits per heavy atom. The second kappa shape index (κ2) is 6.99. The van der Waals surface area contributed by atoms with Gasteiger partial charge in [-0.3, -0.25) is 14.0 Å². The number of carbonyl (C=O) groups excluding carboxylic acids is 1. The topological polar surface area (TPSA) is 75.5 Å². The molecule has 0 aliphatic rings. The Hall–Kier alpha value is -2.21. The molecule has 2 rings (SSSR count). The molecule has 0 bridgehead atoms. The summed E-state index contributed by atoms with van der Waals surface area (Å²) >= 11 is 0. The predicted molar refractivity (Wildman–Crippen MR) is 81.1 cm³/mol. The van der Waals surface area contributed by atoms with Gasteiger partial charge in [0.05, 0.1) is 5.69 Å². The van der Waals surface area contributed by atoms with Crippen molar-refractivity contribution < 1.29 is 4.79 Å². The molecule has 1 amide bonds. The van der Waals surface area contributed by atoms with E-state index in [1.54, 1.807) is 18.3 Å². The first kappa shape index (κ1) is 15.2. The molecule has 2 heterocycles. The molecule has 0 atom stereocenters. The SMILES string of the molecule is CC(C)NC(=O)CCNCc1cc(=O)n2ccccc2n1. The highest BCUT2D eigenvalue weighted by atomic mass is 16.1. The van der Waals surface area contributed by atoms with E-state index in [-0.39, 0.29) is 17.5 Å². The van der Waals surface area contributed by atoms with Crippen LogP contribution in [0.15, 0.2) is 35.3 Å². The van der Waals surface area contributed by atoms with Gasteiger partial charge in [0.1, 0.15) is 5.65 Å². The van der Waals surface area contributed by atoms with Gasteiger partial charge in [-0.15, -0.1) is 0 Å². The second-order valence-electron chi connectivity index (χ2n) is 5.16. The Labute approximate surface area is 123 Å². The lowest BCUT2D eigenvalue weighted by atomic mass is 10.3. The van der Waals surface area contributed by atoms with E-state index < -0.39 is 0 Å². The fraction of sp³-hybridized carbons (Fsp3) is 0.400. The van der Waals surface area contributed by atoms with Crippen LogP contribution in [0.5, 0.6) is 0 Å². The first-order chi connectivity index (χ1) is 10.1. The normalized spacial score (nSPS) is 11.0. The Morgan fingerprint density at radius 3 is 2.95 bits per heavy atom. The number of nitrogens with zero attached hydrogens (tertiary/aromatic N) is 2. The lowest BCUT2D eigenvalue weighted by molar-refractivity contribution is -0.121. The second-order valence-corrected chi connectivity index (χ2v) is 5.16. The average molecular weight is 288 g/mol. The summed E-state index contributed by atoms with van der Waals surface area (Å²) in [5, 5.41) is 5.95. The fourth-order valence-corrected chi connectivity index (χ4v) is 2.01. The number of amides is 1. The largest absolute Gasteiger partial charge is 0.354 e. The summed E-state index contributed by atoms with van der Waals surface area (Å²) < 4.78 is 1.50. The van der Waals surface area contributed by atoms with Crippen molar-refractivity contribution in [1.29, 1.82) is 0 Å². The molecule has 0 fully saturated rings. The van der Waals surface area contributed by atoms with Crippen molar-refractivity contribution in [2.24, 2.45) is 0 Å². The average Bonchev–Trinajstić information content (AvgIpc) is 2.43. The van der Waals surface area contributed by atoms with E-state index in [4.69, 9.17) is 0 Å². The zero-order chi connectivity index (χ0) is 15.2. The first-order valence-electron chi connectivity index (χ1n) is 7.03. The van der Waals surface area contributed by atoms with E-state index in [0.717, 1.165) is 0 Å². The van der Waals surface area contributed by atoms with Gasteiger partial charge in [-0.2, -0.15) is 0 Å². The monoisotopic (exact) mass is 288 g/mol. The van der Waals surface area contributed by atoms with Gasteiger partial charge in [0, 0.05) is 37.8 Å². The summed E-state index contributed by atoms with van der Waals surface area (Å²) in [5.74, 6) is 0.0176. The number of pyridine rings is 1. The van der Waals surface area contributed by atoms with Crippen LogP contribution in [0.1, 0.15) is 26.0 Å². The molecule has 2 aromatic rings. The molecule has 0 saturated heterocycles. The highest BCUT2D eigenvalue weighted by Gasteiger charge is 2.04. The van der Waals surface area contributed by atoms with Crippen molar-refractivity contribution in [2.45, 2.75) is 32.9 Å². The minimum atomic E-state index is -0.102. The molecule has 2 aromatic heterocycles. The highest BCUT2D eigenvalue weighted by molar-refractivity contribution is 5.76. The van der Waals surface area contributed by atoms with Crippen molar-refractivity contribution in [1.82, 2.24) is 20.0 Å². The van der Waals surface area contributed by atoms with Gasteiger partial charge in [0.15, 0.2) is 0 Å². The standard InChI is InChI=1S/C15H20N4O2/c1-11(2)17-14(20)6-7-16-10-12-9-15(21)19-8-4-3-5-13(19)18-12/h3-5,8-9,11,16H,6-7,10H2,1-2H3,(H,17,20). The molecule has 6 heteroatoms. The molecule has 0 unspecified atom stereocenters. The van der Waals surface area contributed by atoms with Crippen LogP contribution < -0.4 is 16.2 Å². The zero-order valence-corrected chi connectivity index (χ0v) is 12.3. The number of rotatable bonds is 6. The van der Waals surface area contributed by atoms with E-state index in [9.17, 15) is 9.59 Å². The fourth-order valence-electron chi connectivity index (χ4n) is 2.01. The van der Waals surface area contributed by atoms with Crippen LogP contribution in [0.25, 0.3) is 5.65 Å². The molecule has 0 radical (unpaired) electrons. The van der Waals surface area contributed by atoms with E-state index in [1.807, 2.05) is 19.9 Å². The van der Waals surface area contributed by atoms with E-state index in [2.05, 4.69) is 15.6 Å². The number of carbonyl (C=O) groups is 1. The van der Waals surface area contributed by atoms with E-state index in [1.165, 1.54) is 10.5 Å². The van der Waals surface area contributed by atoms with Gasteiger partial charge in [-0.25, -0.2) is 4.98 Å². The third-order valence-corrected chi connectivity index (χ3v) is 2.91. The Balaban J connectivity index is 1.89. The summed E-state index contributed by atoms with van der Waals surface area (Å²) in [5.41, 5.74) is 1.20. The smallest absolute Gasteiger partial charge is 0.258 e. The number of fused-ring (bicyclic) bond motifs is 1. The zero-order valence-electron chi connectivity index (χ0n) is 12.3. The van der Waals surface area contributed by atoms with Crippen molar-refractivity contribution in [3.05, 3.63) is 46.5 Å². The highest BCUT2D eigenvalue weighted by Crippen LogP contribution is 1.98. The van der Waals surface area contributed by atoms with E-state index >= 15 is 0 Å². The summed E-state index contributed by atoms with van der Waals surface area (Å²) in [6.07, 6.45) is 2.10. The Bertz CT molecular complexity index is 679. The number of hydrogen-bond donors (Lipinski definition) is 2. The number of aromatic nitrogens is 2.